The number of oxazole rings is 1. The Hall–Kier alpha value is -2.86. The van der Waals surface area contributed by atoms with E-state index in [9.17, 15) is 14.7 Å². The van der Waals surface area contributed by atoms with Crippen LogP contribution in [0.15, 0.2) is 57.7 Å². The first kappa shape index (κ1) is 16.0. The molecule has 3 rings (SSSR count). The highest BCUT2D eigenvalue weighted by Gasteiger charge is 2.12. The van der Waals surface area contributed by atoms with Crippen LogP contribution in [0.25, 0.3) is 11.1 Å². The monoisotopic (exact) mass is 326 g/mol. The molecular formula is C18H18N2O4. The number of rotatable bonds is 5. The number of anilines is 1. The molecule has 0 spiro atoms. The van der Waals surface area contributed by atoms with Gasteiger partial charge in [0.05, 0.1) is 11.6 Å². The van der Waals surface area contributed by atoms with Crippen LogP contribution in [0.5, 0.6) is 0 Å². The molecule has 0 aliphatic rings. The number of benzene rings is 2. The molecule has 0 saturated heterocycles. The summed E-state index contributed by atoms with van der Waals surface area (Å²) in [6.07, 6.45) is -0.556. The number of aliphatic hydroxyl groups excluding tert-OH is 1. The van der Waals surface area contributed by atoms with Crippen LogP contribution in [0.3, 0.4) is 0 Å². The molecule has 0 saturated carbocycles. The fourth-order valence-corrected chi connectivity index (χ4v) is 2.63. The van der Waals surface area contributed by atoms with Gasteiger partial charge in [-0.2, -0.15) is 0 Å². The number of hydrogen-bond acceptors (Lipinski definition) is 4. The lowest BCUT2D eigenvalue weighted by Crippen LogP contribution is -2.20. The second kappa shape index (κ2) is 6.72. The minimum Gasteiger partial charge on any atom is -0.408 e. The van der Waals surface area contributed by atoms with Crippen molar-refractivity contribution in [3.8, 4) is 0 Å². The SMILES string of the molecule is CC(O)c1ccccc1NC(=O)CCn1c(=O)oc2ccccc21. The minimum atomic E-state index is -0.679. The number of para-hydroxylation sites is 3. The summed E-state index contributed by atoms with van der Waals surface area (Å²) in [5.41, 5.74) is 2.39. The fraction of sp³-hybridized carbons (Fsp3) is 0.222. The molecule has 1 aromatic heterocycles. The largest absolute Gasteiger partial charge is 0.419 e. The summed E-state index contributed by atoms with van der Waals surface area (Å²) in [6.45, 7) is 1.86. The van der Waals surface area contributed by atoms with E-state index in [0.717, 1.165) is 0 Å². The first-order chi connectivity index (χ1) is 11.6. The molecule has 3 aromatic rings. The number of nitrogens with one attached hydrogen (secondary N) is 1. The molecule has 2 N–H and O–H groups in total. The summed E-state index contributed by atoms with van der Waals surface area (Å²) in [5.74, 6) is -0.714. The Morgan fingerprint density at radius 1 is 1.21 bits per heavy atom. The molecular weight excluding hydrogens is 308 g/mol. The van der Waals surface area contributed by atoms with Crippen molar-refractivity contribution in [1.29, 1.82) is 0 Å². The molecule has 0 radical (unpaired) electrons. The van der Waals surface area contributed by atoms with Gasteiger partial charge >= 0.3 is 5.76 Å². The number of amides is 1. The number of hydrogen-bond donors (Lipinski definition) is 2. The van der Waals surface area contributed by atoms with E-state index in [2.05, 4.69) is 5.32 Å². The van der Waals surface area contributed by atoms with Gasteiger partial charge in [-0.1, -0.05) is 30.3 Å². The topological polar surface area (TPSA) is 84.5 Å². The molecule has 6 heteroatoms. The third-order valence-corrected chi connectivity index (χ3v) is 3.82. The van der Waals surface area contributed by atoms with E-state index in [1.807, 2.05) is 6.07 Å². The summed E-state index contributed by atoms with van der Waals surface area (Å²) < 4.78 is 6.58. The maximum atomic E-state index is 12.2. The van der Waals surface area contributed by atoms with E-state index < -0.39 is 11.9 Å². The highest BCUT2D eigenvalue weighted by molar-refractivity contribution is 5.91. The van der Waals surface area contributed by atoms with Gasteiger partial charge in [-0.3, -0.25) is 9.36 Å². The van der Waals surface area contributed by atoms with Crippen molar-refractivity contribution in [3.63, 3.8) is 0 Å². The van der Waals surface area contributed by atoms with Crippen LogP contribution in [-0.2, 0) is 11.3 Å². The smallest absolute Gasteiger partial charge is 0.408 e. The van der Waals surface area contributed by atoms with Crippen molar-refractivity contribution in [2.24, 2.45) is 0 Å². The van der Waals surface area contributed by atoms with E-state index >= 15 is 0 Å². The third kappa shape index (κ3) is 3.23. The summed E-state index contributed by atoms with van der Waals surface area (Å²) in [5, 5.41) is 12.5. The summed E-state index contributed by atoms with van der Waals surface area (Å²) in [6, 6.07) is 14.2. The second-order valence-corrected chi connectivity index (χ2v) is 5.55. The molecule has 0 aliphatic heterocycles. The zero-order valence-corrected chi connectivity index (χ0v) is 13.2. The molecule has 1 unspecified atom stereocenters. The fourth-order valence-electron chi connectivity index (χ4n) is 2.63. The Morgan fingerprint density at radius 3 is 2.71 bits per heavy atom. The third-order valence-electron chi connectivity index (χ3n) is 3.82. The molecule has 24 heavy (non-hydrogen) atoms. The van der Waals surface area contributed by atoms with E-state index in [4.69, 9.17) is 4.42 Å². The average molecular weight is 326 g/mol. The van der Waals surface area contributed by atoms with Crippen LogP contribution in [0, 0.1) is 0 Å². The van der Waals surface area contributed by atoms with Gasteiger partial charge in [0.25, 0.3) is 0 Å². The van der Waals surface area contributed by atoms with Gasteiger partial charge in [0, 0.05) is 24.2 Å². The second-order valence-electron chi connectivity index (χ2n) is 5.55. The van der Waals surface area contributed by atoms with Gasteiger partial charge in [-0.25, -0.2) is 4.79 Å². The zero-order chi connectivity index (χ0) is 17.1. The molecule has 1 atom stereocenters. The predicted molar refractivity (Wildman–Crippen MR) is 90.8 cm³/mol. The number of nitrogens with zero attached hydrogens (tertiary/aromatic N) is 1. The van der Waals surface area contributed by atoms with Crippen LogP contribution in [0.2, 0.25) is 0 Å². The minimum absolute atomic E-state index is 0.123. The number of aromatic nitrogens is 1. The molecule has 124 valence electrons. The Balaban J connectivity index is 1.72. The lowest BCUT2D eigenvalue weighted by Gasteiger charge is -2.13. The Bertz CT molecular complexity index is 924. The van der Waals surface area contributed by atoms with Crippen LogP contribution >= 0.6 is 0 Å². The molecule has 1 heterocycles. The van der Waals surface area contributed by atoms with E-state index in [-0.39, 0.29) is 18.9 Å². The molecule has 2 aromatic carbocycles. The van der Waals surface area contributed by atoms with Gasteiger partial charge in [-0.05, 0) is 25.1 Å². The van der Waals surface area contributed by atoms with Crippen LogP contribution < -0.4 is 11.1 Å². The van der Waals surface area contributed by atoms with Gasteiger partial charge in [0.1, 0.15) is 0 Å². The average Bonchev–Trinajstić information content (AvgIpc) is 2.88. The zero-order valence-electron chi connectivity index (χ0n) is 13.2. The number of aryl methyl sites for hydroxylation is 1. The van der Waals surface area contributed by atoms with Gasteiger partial charge in [0.2, 0.25) is 5.91 Å². The van der Waals surface area contributed by atoms with E-state index in [1.54, 1.807) is 49.4 Å². The van der Waals surface area contributed by atoms with Gasteiger partial charge in [-0.15, -0.1) is 0 Å². The number of carbonyl (C=O) groups excluding carboxylic acids is 1. The quantitative estimate of drug-likeness (QED) is 0.755. The Morgan fingerprint density at radius 2 is 1.92 bits per heavy atom. The van der Waals surface area contributed by atoms with E-state index in [1.165, 1.54) is 4.57 Å². The normalized spacial score (nSPS) is 12.2. The van der Waals surface area contributed by atoms with E-state index in [0.29, 0.717) is 22.4 Å². The summed E-state index contributed by atoms with van der Waals surface area (Å²) in [4.78, 5) is 24.1. The number of fused-ring (bicyclic) bond motifs is 1. The van der Waals surface area contributed by atoms with Crippen LogP contribution in [-0.4, -0.2) is 15.6 Å². The number of aliphatic hydroxyl groups is 1. The molecule has 0 bridgehead atoms. The molecule has 0 aliphatic carbocycles. The van der Waals surface area contributed by atoms with Crippen molar-refractivity contribution in [2.45, 2.75) is 26.0 Å². The Labute approximate surface area is 138 Å². The summed E-state index contributed by atoms with van der Waals surface area (Å²) >= 11 is 0. The van der Waals surface area contributed by atoms with Crippen LogP contribution in [0.4, 0.5) is 5.69 Å². The van der Waals surface area contributed by atoms with Crippen LogP contribution in [0.1, 0.15) is 25.0 Å². The molecule has 0 fully saturated rings. The van der Waals surface area contributed by atoms with Crippen molar-refractivity contribution >= 4 is 22.7 Å². The Kier molecular flexibility index (Phi) is 4.48. The summed E-state index contributed by atoms with van der Waals surface area (Å²) in [7, 11) is 0. The number of carbonyl (C=O) groups is 1. The first-order valence-electron chi connectivity index (χ1n) is 7.71. The van der Waals surface area contributed by atoms with Crippen molar-refractivity contribution in [3.05, 3.63) is 64.6 Å². The van der Waals surface area contributed by atoms with Gasteiger partial charge < -0.3 is 14.8 Å². The predicted octanol–water partition coefficient (Wildman–Crippen LogP) is 2.68. The maximum absolute atomic E-state index is 12.2. The highest BCUT2D eigenvalue weighted by atomic mass is 16.4. The van der Waals surface area contributed by atoms with Crippen molar-refractivity contribution < 1.29 is 14.3 Å². The van der Waals surface area contributed by atoms with Crippen molar-refractivity contribution in [2.75, 3.05) is 5.32 Å². The first-order valence-corrected chi connectivity index (χ1v) is 7.71. The standard InChI is InChI=1S/C18H18N2O4/c1-12(21)13-6-2-3-7-14(13)19-17(22)10-11-20-15-8-4-5-9-16(15)24-18(20)23/h2-9,12,21H,10-11H2,1H3,(H,19,22). The van der Waals surface area contributed by atoms with Gasteiger partial charge in [0.15, 0.2) is 5.58 Å². The molecule has 1 amide bonds. The van der Waals surface area contributed by atoms with Crippen molar-refractivity contribution in [1.82, 2.24) is 4.57 Å². The maximum Gasteiger partial charge on any atom is 0.419 e. The lowest BCUT2D eigenvalue weighted by molar-refractivity contribution is -0.116. The molecule has 6 nitrogen and oxygen atoms in total. The highest BCUT2D eigenvalue weighted by Crippen LogP contribution is 2.22. The lowest BCUT2D eigenvalue weighted by atomic mass is 10.1.